The van der Waals surface area contributed by atoms with E-state index in [1.165, 1.54) is 0 Å². The van der Waals surface area contributed by atoms with Crippen molar-refractivity contribution in [2.45, 2.75) is 32.7 Å². The Morgan fingerprint density at radius 3 is 2.35 bits per heavy atom. The minimum Gasteiger partial charge on any atom is -0.336 e. The van der Waals surface area contributed by atoms with E-state index in [0.29, 0.717) is 25.2 Å². The molecule has 31 heavy (non-hydrogen) atoms. The van der Waals surface area contributed by atoms with Crippen molar-refractivity contribution in [1.29, 1.82) is 0 Å². The Hall–Kier alpha value is -3.13. The molecular formula is C23H28N6O2. The Balaban J connectivity index is 1.34. The van der Waals surface area contributed by atoms with E-state index in [9.17, 15) is 9.59 Å². The van der Waals surface area contributed by atoms with Crippen LogP contribution in [0, 0.1) is 0 Å². The first-order valence-corrected chi connectivity index (χ1v) is 10.6. The van der Waals surface area contributed by atoms with Crippen LogP contribution in [0.4, 0.5) is 0 Å². The summed E-state index contributed by atoms with van der Waals surface area (Å²) in [5.74, 6) is 0.0166. The van der Waals surface area contributed by atoms with Gasteiger partial charge in [-0.25, -0.2) is 4.68 Å². The molecule has 1 fully saturated rings. The van der Waals surface area contributed by atoms with Crippen molar-refractivity contribution in [1.82, 2.24) is 29.5 Å². The van der Waals surface area contributed by atoms with Gasteiger partial charge in [0.25, 0.3) is 11.5 Å². The molecule has 1 amide bonds. The average Bonchev–Trinajstić information content (AvgIpc) is 2.77. The predicted molar refractivity (Wildman–Crippen MR) is 119 cm³/mol. The third-order valence-electron chi connectivity index (χ3n) is 5.64. The molecule has 1 saturated heterocycles. The summed E-state index contributed by atoms with van der Waals surface area (Å²) >= 11 is 0. The fraction of sp³-hybridized carbons (Fsp3) is 0.435. The number of hydrogen-bond donors (Lipinski definition) is 0. The van der Waals surface area contributed by atoms with Crippen LogP contribution in [-0.4, -0.2) is 68.2 Å². The quantitative estimate of drug-likeness (QED) is 0.641. The molecule has 162 valence electrons. The molecule has 2 aromatic heterocycles. The van der Waals surface area contributed by atoms with Crippen molar-refractivity contribution in [3.63, 3.8) is 0 Å². The zero-order valence-corrected chi connectivity index (χ0v) is 18.3. The Morgan fingerprint density at radius 2 is 1.65 bits per heavy atom. The maximum atomic E-state index is 12.9. The molecule has 1 aliphatic rings. The van der Waals surface area contributed by atoms with Gasteiger partial charge in [0.1, 0.15) is 0 Å². The molecule has 0 unspecified atom stereocenters. The number of aromatic nitrogens is 4. The van der Waals surface area contributed by atoms with Crippen molar-refractivity contribution in [2.75, 3.05) is 32.7 Å². The molecule has 8 nitrogen and oxygen atoms in total. The van der Waals surface area contributed by atoms with Crippen LogP contribution in [-0.2, 0) is 12.0 Å². The molecule has 8 heteroatoms. The van der Waals surface area contributed by atoms with Crippen LogP contribution in [0.15, 0.2) is 47.5 Å². The smallest absolute Gasteiger partial charge is 0.266 e. The third-order valence-corrected chi connectivity index (χ3v) is 5.64. The van der Waals surface area contributed by atoms with Gasteiger partial charge in [0.2, 0.25) is 0 Å². The first kappa shape index (κ1) is 21.1. The Bertz CT molecular complexity index is 1140. The standard InChI is InChI=1S/C23H28N6O2/c1-23(2,3)20-6-7-21(30)29(26-20)15-12-27-10-13-28(14-11-27)22(31)17-4-5-18-19(16-17)25-9-8-24-18/h4-9,16H,10-15H2,1-3H3. The van der Waals surface area contributed by atoms with Crippen LogP contribution < -0.4 is 5.56 Å². The lowest BCUT2D eigenvalue weighted by Crippen LogP contribution is -2.49. The zero-order chi connectivity index (χ0) is 22.0. The summed E-state index contributed by atoms with van der Waals surface area (Å²) in [6.07, 6.45) is 3.28. The molecule has 0 bridgehead atoms. The minimum atomic E-state index is -0.101. The van der Waals surface area contributed by atoms with Crippen LogP contribution in [0.25, 0.3) is 11.0 Å². The second kappa shape index (κ2) is 8.55. The number of fused-ring (bicyclic) bond motifs is 1. The first-order chi connectivity index (χ1) is 14.8. The topological polar surface area (TPSA) is 84.2 Å². The van der Waals surface area contributed by atoms with Crippen molar-refractivity contribution in [3.05, 3.63) is 64.3 Å². The number of carbonyl (C=O) groups excluding carboxylic acids is 1. The third kappa shape index (κ3) is 4.80. The van der Waals surface area contributed by atoms with Crippen LogP contribution in [0.3, 0.4) is 0 Å². The van der Waals surface area contributed by atoms with Gasteiger partial charge in [-0.3, -0.25) is 24.5 Å². The van der Waals surface area contributed by atoms with Gasteiger partial charge in [0, 0.05) is 62.2 Å². The highest BCUT2D eigenvalue weighted by Gasteiger charge is 2.23. The van der Waals surface area contributed by atoms with E-state index < -0.39 is 0 Å². The van der Waals surface area contributed by atoms with E-state index >= 15 is 0 Å². The van der Waals surface area contributed by atoms with Crippen molar-refractivity contribution in [2.24, 2.45) is 0 Å². The highest BCUT2D eigenvalue weighted by Crippen LogP contribution is 2.18. The highest BCUT2D eigenvalue weighted by molar-refractivity contribution is 5.97. The lowest BCUT2D eigenvalue weighted by molar-refractivity contribution is 0.0631. The Labute approximate surface area is 181 Å². The molecule has 0 radical (unpaired) electrons. The molecule has 0 saturated carbocycles. The molecule has 0 N–H and O–H groups in total. The zero-order valence-electron chi connectivity index (χ0n) is 18.3. The van der Waals surface area contributed by atoms with Crippen LogP contribution in [0.2, 0.25) is 0 Å². The van der Waals surface area contributed by atoms with Crippen LogP contribution in [0.5, 0.6) is 0 Å². The predicted octanol–water partition coefficient (Wildman–Crippen LogP) is 1.94. The number of amides is 1. The number of piperazine rings is 1. The molecule has 0 spiro atoms. The number of carbonyl (C=O) groups is 1. The van der Waals surface area contributed by atoms with E-state index in [2.05, 4.69) is 40.7 Å². The van der Waals surface area contributed by atoms with E-state index in [0.717, 1.165) is 36.4 Å². The summed E-state index contributed by atoms with van der Waals surface area (Å²) in [4.78, 5) is 37.8. The second-order valence-electron chi connectivity index (χ2n) is 8.92. The lowest BCUT2D eigenvalue weighted by atomic mass is 9.92. The van der Waals surface area contributed by atoms with Crippen LogP contribution in [0.1, 0.15) is 36.8 Å². The lowest BCUT2D eigenvalue weighted by Gasteiger charge is -2.34. The summed E-state index contributed by atoms with van der Waals surface area (Å²) < 4.78 is 1.55. The fourth-order valence-corrected chi connectivity index (χ4v) is 3.70. The summed E-state index contributed by atoms with van der Waals surface area (Å²) in [6.45, 7) is 10.4. The average molecular weight is 421 g/mol. The highest BCUT2D eigenvalue weighted by atomic mass is 16.2. The van der Waals surface area contributed by atoms with Gasteiger partial charge in [0.05, 0.1) is 23.3 Å². The van der Waals surface area contributed by atoms with Crippen molar-refractivity contribution < 1.29 is 4.79 Å². The monoisotopic (exact) mass is 420 g/mol. The summed E-state index contributed by atoms with van der Waals surface area (Å²) in [7, 11) is 0. The largest absolute Gasteiger partial charge is 0.336 e. The van der Waals surface area contributed by atoms with Gasteiger partial charge in [-0.1, -0.05) is 20.8 Å². The molecule has 1 aliphatic heterocycles. The molecule has 0 atom stereocenters. The number of nitrogens with zero attached hydrogens (tertiary/aromatic N) is 6. The molecule has 3 heterocycles. The number of hydrogen-bond acceptors (Lipinski definition) is 6. The van der Waals surface area contributed by atoms with E-state index in [4.69, 9.17) is 0 Å². The van der Waals surface area contributed by atoms with Crippen molar-refractivity contribution >= 4 is 16.9 Å². The maximum absolute atomic E-state index is 12.9. The summed E-state index contributed by atoms with van der Waals surface area (Å²) in [6, 6.07) is 8.85. The van der Waals surface area contributed by atoms with E-state index in [1.54, 1.807) is 29.2 Å². The molecule has 1 aromatic carbocycles. The molecule has 0 aliphatic carbocycles. The van der Waals surface area contributed by atoms with Gasteiger partial charge in [-0.2, -0.15) is 5.10 Å². The SMILES string of the molecule is CC(C)(C)c1ccc(=O)n(CCN2CCN(C(=O)c3ccc4nccnc4c3)CC2)n1. The van der Waals surface area contributed by atoms with Gasteiger partial charge in [-0.05, 0) is 24.3 Å². The fourth-order valence-electron chi connectivity index (χ4n) is 3.70. The molecule has 4 rings (SSSR count). The number of benzene rings is 1. The Kier molecular flexibility index (Phi) is 5.82. The van der Waals surface area contributed by atoms with Crippen LogP contribution >= 0.6 is 0 Å². The maximum Gasteiger partial charge on any atom is 0.266 e. The Morgan fingerprint density at radius 1 is 0.935 bits per heavy atom. The normalized spacial score (nSPS) is 15.4. The first-order valence-electron chi connectivity index (χ1n) is 10.6. The van der Waals surface area contributed by atoms with Gasteiger partial charge in [0.15, 0.2) is 0 Å². The number of rotatable bonds is 4. The summed E-state index contributed by atoms with van der Waals surface area (Å²) in [5.41, 5.74) is 2.86. The van der Waals surface area contributed by atoms with Gasteiger partial charge < -0.3 is 4.90 Å². The molecule has 3 aromatic rings. The summed E-state index contributed by atoms with van der Waals surface area (Å²) in [5, 5.41) is 4.54. The van der Waals surface area contributed by atoms with E-state index in [-0.39, 0.29) is 16.9 Å². The van der Waals surface area contributed by atoms with Crippen molar-refractivity contribution in [3.8, 4) is 0 Å². The van der Waals surface area contributed by atoms with Gasteiger partial charge in [-0.15, -0.1) is 0 Å². The molecular weight excluding hydrogens is 392 g/mol. The van der Waals surface area contributed by atoms with Gasteiger partial charge >= 0.3 is 0 Å². The van der Waals surface area contributed by atoms with E-state index in [1.807, 2.05) is 23.1 Å². The second-order valence-corrected chi connectivity index (χ2v) is 8.92. The minimum absolute atomic E-state index is 0.0166.